The molecule has 2 aromatic carbocycles. The van der Waals surface area contributed by atoms with Gasteiger partial charge in [-0.2, -0.15) is 0 Å². The summed E-state index contributed by atoms with van der Waals surface area (Å²) < 4.78 is 16.3. The standard InChI is InChI=1S/C22H24ClNO5/c1-15-19(21(25)27-2)12-17(23)13-20(15)29-18-8-10-24(11-9-18)22(26)28-14-16-6-4-3-5-7-16/h3-7,12-13,18H,8-11,14H2,1-2H3. The number of piperidine rings is 1. The van der Waals surface area contributed by atoms with Crippen molar-refractivity contribution < 1.29 is 23.8 Å². The molecule has 0 radical (unpaired) electrons. The second-order valence-electron chi connectivity index (χ2n) is 6.91. The highest BCUT2D eigenvalue weighted by molar-refractivity contribution is 6.31. The van der Waals surface area contributed by atoms with Gasteiger partial charge in [-0.15, -0.1) is 0 Å². The van der Waals surface area contributed by atoms with Gasteiger partial charge >= 0.3 is 12.1 Å². The number of likely N-dealkylation sites (tertiary alicyclic amines) is 1. The Bertz CT molecular complexity index is 863. The summed E-state index contributed by atoms with van der Waals surface area (Å²) in [6.07, 6.45) is 0.940. The van der Waals surface area contributed by atoms with Gasteiger partial charge in [-0.3, -0.25) is 0 Å². The molecule has 2 aromatic rings. The van der Waals surface area contributed by atoms with Crippen LogP contribution in [0.25, 0.3) is 0 Å². The second kappa shape index (κ2) is 9.65. The zero-order valence-electron chi connectivity index (χ0n) is 16.5. The van der Waals surface area contributed by atoms with E-state index in [1.54, 1.807) is 24.0 Å². The maximum Gasteiger partial charge on any atom is 0.410 e. The highest BCUT2D eigenvalue weighted by Crippen LogP contribution is 2.30. The molecule has 0 N–H and O–H groups in total. The number of hydrogen-bond donors (Lipinski definition) is 0. The Morgan fingerprint density at radius 3 is 2.48 bits per heavy atom. The van der Waals surface area contributed by atoms with Gasteiger partial charge in [0.2, 0.25) is 0 Å². The number of halogens is 1. The van der Waals surface area contributed by atoms with Crippen LogP contribution in [0.1, 0.15) is 34.3 Å². The molecule has 0 bridgehead atoms. The van der Waals surface area contributed by atoms with E-state index in [2.05, 4.69) is 0 Å². The third-order valence-corrected chi connectivity index (χ3v) is 5.15. The zero-order chi connectivity index (χ0) is 20.8. The lowest BCUT2D eigenvalue weighted by atomic mass is 10.1. The molecule has 0 unspecified atom stereocenters. The third-order valence-electron chi connectivity index (χ3n) is 4.93. The minimum Gasteiger partial charge on any atom is -0.490 e. The number of ether oxygens (including phenoxy) is 3. The fourth-order valence-electron chi connectivity index (χ4n) is 3.24. The molecule has 7 heteroatoms. The Morgan fingerprint density at radius 2 is 1.83 bits per heavy atom. The second-order valence-corrected chi connectivity index (χ2v) is 7.35. The summed E-state index contributed by atoms with van der Waals surface area (Å²) in [4.78, 5) is 25.9. The van der Waals surface area contributed by atoms with Crippen molar-refractivity contribution in [2.45, 2.75) is 32.5 Å². The lowest BCUT2D eigenvalue weighted by Gasteiger charge is -2.32. The normalized spacial score (nSPS) is 14.4. The summed E-state index contributed by atoms with van der Waals surface area (Å²) >= 11 is 6.13. The number of rotatable bonds is 5. The number of carbonyl (C=O) groups is 2. The van der Waals surface area contributed by atoms with Crippen molar-refractivity contribution in [3.8, 4) is 5.75 Å². The molecule has 1 fully saturated rings. The monoisotopic (exact) mass is 417 g/mol. The van der Waals surface area contributed by atoms with E-state index in [9.17, 15) is 9.59 Å². The summed E-state index contributed by atoms with van der Waals surface area (Å²) in [5, 5.41) is 0.410. The van der Waals surface area contributed by atoms with Crippen LogP contribution in [0.5, 0.6) is 5.75 Å². The van der Waals surface area contributed by atoms with Gasteiger partial charge in [0.25, 0.3) is 0 Å². The molecule has 0 atom stereocenters. The number of carbonyl (C=O) groups excluding carboxylic acids is 2. The van der Waals surface area contributed by atoms with Crippen molar-refractivity contribution in [1.82, 2.24) is 4.90 Å². The molecule has 0 aliphatic carbocycles. The molecular formula is C22H24ClNO5. The van der Waals surface area contributed by atoms with Crippen LogP contribution in [0.4, 0.5) is 4.79 Å². The predicted octanol–water partition coefficient (Wildman–Crippen LogP) is 4.62. The van der Waals surface area contributed by atoms with E-state index in [1.165, 1.54) is 7.11 Å². The van der Waals surface area contributed by atoms with Crippen molar-refractivity contribution in [3.05, 3.63) is 64.2 Å². The van der Waals surface area contributed by atoms with Crippen LogP contribution >= 0.6 is 11.6 Å². The fourth-order valence-corrected chi connectivity index (χ4v) is 3.45. The van der Waals surface area contributed by atoms with Crippen molar-refractivity contribution >= 4 is 23.7 Å². The zero-order valence-corrected chi connectivity index (χ0v) is 17.3. The Labute approximate surface area is 175 Å². The van der Waals surface area contributed by atoms with Crippen molar-refractivity contribution in [2.75, 3.05) is 20.2 Å². The van der Waals surface area contributed by atoms with Gasteiger partial charge in [0.15, 0.2) is 0 Å². The quantitative estimate of drug-likeness (QED) is 0.664. The Hall–Kier alpha value is -2.73. The average molecular weight is 418 g/mol. The van der Waals surface area contributed by atoms with Gasteiger partial charge in [0.05, 0.1) is 12.7 Å². The number of amides is 1. The van der Waals surface area contributed by atoms with E-state index in [0.717, 1.165) is 5.56 Å². The van der Waals surface area contributed by atoms with Crippen LogP contribution < -0.4 is 4.74 Å². The topological polar surface area (TPSA) is 65.1 Å². The molecule has 0 aromatic heterocycles. The lowest BCUT2D eigenvalue weighted by Crippen LogP contribution is -2.42. The van der Waals surface area contributed by atoms with Crippen LogP contribution in [-0.2, 0) is 16.1 Å². The predicted molar refractivity (Wildman–Crippen MR) is 109 cm³/mol. The molecule has 154 valence electrons. The van der Waals surface area contributed by atoms with Crippen LogP contribution in [-0.4, -0.2) is 43.3 Å². The molecule has 1 amide bonds. The molecule has 1 aliphatic rings. The summed E-state index contributed by atoms with van der Waals surface area (Å²) in [7, 11) is 1.33. The highest BCUT2D eigenvalue weighted by atomic mass is 35.5. The van der Waals surface area contributed by atoms with Gasteiger partial charge in [0, 0.05) is 36.5 Å². The van der Waals surface area contributed by atoms with Crippen molar-refractivity contribution in [3.63, 3.8) is 0 Å². The number of benzene rings is 2. The maximum absolute atomic E-state index is 12.3. The van der Waals surface area contributed by atoms with Gasteiger partial charge in [0.1, 0.15) is 18.5 Å². The van der Waals surface area contributed by atoms with Gasteiger partial charge in [-0.1, -0.05) is 41.9 Å². The summed E-state index contributed by atoms with van der Waals surface area (Å²) in [6.45, 7) is 3.14. The molecule has 29 heavy (non-hydrogen) atoms. The van der Waals surface area contributed by atoms with E-state index in [4.69, 9.17) is 25.8 Å². The molecule has 0 spiro atoms. The van der Waals surface area contributed by atoms with E-state index >= 15 is 0 Å². The molecule has 3 rings (SSSR count). The van der Waals surface area contributed by atoms with E-state index in [-0.39, 0.29) is 18.8 Å². The van der Waals surface area contributed by atoms with Gasteiger partial charge in [-0.05, 0) is 24.6 Å². The number of methoxy groups -OCH3 is 1. The van der Waals surface area contributed by atoms with Crippen molar-refractivity contribution in [2.24, 2.45) is 0 Å². The van der Waals surface area contributed by atoms with Crippen LogP contribution in [0.2, 0.25) is 5.02 Å². The maximum atomic E-state index is 12.3. The van der Waals surface area contributed by atoms with Gasteiger partial charge < -0.3 is 19.1 Å². The van der Waals surface area contributed by atoms with Gasteiger partial charge in [-0.25, -0.2) is 9.59 Å². The first-order valence-electron chi connectivity index (χ1n) is 9.48. The fraction of sp³-hybridized carbons (Fsp3) is 0.364. The molecule has 0 saturated carbocycles. The summed E-state index contributed by atoms with van der Waals surface area (Å²) in [5.41, 5.74) is 2.03. The minimum absolute atomic E-state index is 0.0733. The average Bonchev–Trinajstić information content (AvgIpc) is 2.75. The SMILES string of the molecule is COC(=O)c1cc(Cl)cc(OC2CCN(C(=O)OCc3ccccc3)CC2)c1C. The molecule has 1 heterocycles. The number of esters is 1. The van der Waals surface area contributed by atoms with E-state index in [1.807, 2.05) is 30.3 Å². The largest absolute Gasteiger partial charge is 0.490 e. The smallest absolute Gasteiger partial charge is 0.410 e. The summed E-state index contributed by atoms with van der Waals surface area (Å²) in [6, 6.07) is 12.9. The van der Waals surface area contributed by atoms with Crippen LogP contribution in [0.3, 0.4) is 0 Å². The molecule has 1 aliphatic heterocycles. The Balaban J connectivity index is 1.54. The van der Waals surface area contributed by atoms with E-state index in [0.29, 0.717) is 47.8 Å². The third kappa shape index (κ3) is 5.41. The van der Waals surface area contributed by atoms with Crippen LogP contribution in [0, 0.1) is 6.92 Å². The Kier molecular flexibility index (Phi) is 6.99. The van der Waals surface area contributed by atoms with E-state index < -0.39 is 5.97 Å². The minimum atomic E-state index is -0.453. The van der Waals surface area contributed by atoms with Crippen LogP contribution in [0.15, 0.2) is 42.5 Å². The lowest BCUT2D eigenvalue weighted by molar-refractivity contribution is 0.0587. The first-order valence-corrected chi connectivity index (χ1v) is 9.86. The molecule has 6 nitrogen and oxygen atoms in total. The molecular weight excluding hydrogens is 394 g/mol. The first kappa shape index (κ1) is 21.0. The number of hydrogen-bond acceptors (Lipinski definition) is 5. The Morgan fingerprint density at radius 1 is 1.14 bits per heavy atom. The number of nitrogens with zero attached hydrogens (tertiary/aromatic N) is 1. The van der Waals surface area contributed by atoms with Crippen molar-refractivity contribution in [1.29, 1.82) is 0 Å². The highest BCUT2D eigenvalue weighted by Gasteiger charge is 2.26. The first-order chi connectivity index (χ1) is 14.0. The molecule has 1 saturated heterocycles. The summed E-state index contributed by atoms with van der Waals surface area (Å²) in [5.74, 6) is 0.105.